The van der Waals surface area contributed by atoms with Gasteiger partial charge in [0.15, 0.2) is 0 Å². The Morgan fingerprint density at radius 3 is 2.59 bits per heavy atom. The SMILES string of the molecule is CC(C)(C)OC(=O)Nc1ccc(O)c2nc(-c3ccnc(N)c3N)ccc12. The normalized spacial score (nSPS) is 11.4. The van der Waals surface area contributed by atoms with Crippen LogP contribution in [-0.4, -0.2) is 26.8 Å². The van der Waals surface area contributed by atoms with Gasteiger partial charge >= 0.3 is 6.09 Å². The molecule has 140 valence electrons. The fraction of sp³-hybridized carbons (Fsp3) is 0.211. The van der Waals surface area contributed by atoms with Crippen LogP contribution in [0.3, 0.4) is 0 Å². The van der Waals surface area contributed by atoms with Crippen LogP contribution in [-0.2, 0) is 4.74 Å². The molecule has 2 aromatic heterocycles. The van der Waals surface area contributed by atoms with Crippen LogP contribution in [0.4, 0.5) is 22.0 Å². The Labute approximate surface area is 156 Å². The van der Waals surface area contributed by atoms with E-state index in [4.69, 9.17) is 16.2 Å². The van der Waals surface area contributed by atoms with Gasteiger partial charge in [-0.1, -0.05) is 0 Å². The molecule has 8 heteroatoms. The third-order valence-electron chi connectivity index (χ3n) is 3.77. The second-order valence-electron chi connectivity index (χ2n) is 7.01. The van der Waals surface area contributed by atoms with Gasteiger partial charge in [-0.3, -0.25) is 5.32 Å². The highest BCUT2D eigenvalue weighted by atomic mass is 16.6. The smallest absolute Gasteiger partial charge is 0.412 e. The predicted molar refractivity (Wildman–Crippen MR) is 105 cm³/mol. The van der Waals surface area contributed by atoms with E-state index < -0.39 is 11.7 Å². The maximum atomic E-state index is 12.1. The van der Waals surface area contributed by atoms with E-state index in [1.807, 2.05) is 0 Å². The number of aromatic hydroxyl groups is 1. The van der Waals surface area contributed by atoms with Gasteiger partial charge in [-0.15, -0.1) is 0 Å². The van der Waals surface area contributed by atoms with Gasteiger partial charge in [-0.2, -0.15) is 0 Å². The number of hydrogen-bond donors (Lipinski definition) is 4. The van der Waals surface area contributed by atoms with E-state index in [2.05, 4.69) is 15.3 Å². The van der Waals surface area contributed by atoms with Gasteiger partial charge in [0.1, 0.15) is 22.7 Å². The van der Waals surface area contributed by atoms with Crippen molar-refractivity contribution in [3.05, 3.63) is 36.5 Å². The van der Waals surface area contributed by atoms with Crippen molar-refractivity contribution < 1.29 is 14.6 Å². The Kier molecular flexibility index (Phi) is 4.49. The molecule has 0 spiro atoms. The monoisotopic (exact) mass is 367 g/mol. The third kappa shape index (κ3) is 3.84. The molecule has 3 aromatic rings. The minimum atomic E-state index is -0.624. The molecule has 1 amide bonds. The first-order chi connectivity index (χ1) is 12.7. The summed E-state index contributed by atoms with van der Waals surface area (Å²) in [5, 5.41) is 13.5. The number of carbonyl (C=O) groups is 1. The zero-order chi connectivity index (χ0) is 19.8. The molecule has 0 saturated carbocycles. The number of benzene rings is 1. The van der Waals surface area contributed by atoms with Crippen molar-refractivity contribution in [3.63, 3.8) is 0 Å². The molecule has 0 fully saturated rings. The fourth-order valence-electron chi connectivity index (χ4n) is 2.59. The Morgan fingerprint density at radius 1 is 1.15 bits per heavy atom. The number of fused-ring (bicyclic) bond motifs is 1. The van der Waals surface area contributed by atoms with Gasteiger partial charge in [-0.05, 0) is 51.1 Å². The van der Waals surface area contributed by atoms with Crippen LogP contribution >= 0.6 is 0 Å². The lowest BCUT2D eigenvalue weighted by molar-refractivity contribution is 0.0636. The first-order valence-electron chi connectivity index (χ1n) is 8.29. The summed E-state index contributed by atoms with van der Waals surface area (Å²) >= 11 is 0. The Hall–Kier alpha value is -3.55. The minimum absolute atomic E-state index is 0.0258. The fourth-order valence-corrected chi connectivity index (χ4v) is 2.59. The molecule has 0 saturated heterocycles. The van der Waals surface area contributed by atoms with Crippen molar-refractivity contribution in [2.45, 2.75) is 26.4 Å². The molecule has 6 N–H and O–H groups in total. The van der Waals surface area contributed by atoms with E-state index in [1.54, 1.807) is 45.0 Å². The molecule has 0 aliphatic heterocycles. The van der Waals surface area contributed by atoms with Gasteiger partial charge in [0, 0.05) is 17.1 Å². The quantitative estimate of drug-likeness (QED) is 0.509. The van der Waals surface area contributed by atoms with E-state index in [0.717, 1.165) is 0 Å². The number of nitrogen functional groups attached to an aromatic ring is 2. The number of nitrogens with one attached hydrogen (secondary N) is 1. The lowest BCUT2D eigenvalue weighted by Crippen LogP contribution is -2.27. The Balaban J connectivity index is 2.04. The maximum absolute atomic E-state index is 12.1. The lowest BCUT2D eigenvalue weighted by atomic mass is 10.1. The predicted octanol–water partition coefficient (Wildman–Crippen LogP) is 3.51. The van der Waals surface area contributed by atoms with Crippen LogP contribution < -0.4 is 16.8 Å². The molecule has 27 heavy (non-hydrogen) atoms. The standard InChI is InChI=1S/C19H21N5O3/c1-19(2,3)27-18(26)24-13-6-7-14(25)16-11(13)4-5-12(23-16)10-8-9-22-17(21)15(10)20/h4-9,25H,20H2,1-3H3,(H2,21,22)(H,24,26). The summed E-state index contributed by atoms with van der Waals surface area (Å²) in [6.45, 7) is 5.33. The van der Waals surface area contributed by atoms with Crippen molar-refractivity contribution in [2.75, 3.05) is 16.8 Å². The lowest BCUT2D eigenvalue weighted by Gasteiger charge is -2.20. The molecule has 8 nitrogen and oxygen atoms in total. The highest BCUT2D eigenvalue weighted by Gasteiger charge is 2.18. The average Bonchev–Trinajstić information content (AvgIpc) is 2.58. The molecular weight excluding hydrogens is 346 g/mol. The zero-order valence-electron chi connectivity index (χ0n) is 15.3. The molecular formula is C19H21N5O3. The van der Waals surface area contributed by atoms with Crippen LogP contribution in [0.15, 0.2) is 36.5 Å². The molecule has 0 aliphatic rings. The molecule has 0 atom stereocenters. The van der Waals surface area contributed by atoms with Gasteiger partial charge in [-0.25, -0.2) is 14.8 Å². The molecule has 0 radical (unpaired) electrons. The largest absolute Gasteiger partial charge is 0.506 e. The number of phenols is 1. The summed E-state index contributed by atoms with van der Waals surface area (Å²) in [7, 11) is 0. The average molecular weight is 367 g/mol. The number of rotatable bonds is 2. The van der Waals surface area contributed by atoms with E-state index in [0.29, 0.717) is 33.5 Å². The van der Waals surface area contributed by atoms with Gasteiger partial charge in [0.05, 0.1) is 17.1 Å². The molecule has 1 aromatic carbocycles. The number of phenolic OH excluding ortho intramolecular Hbond substituents is 1. The van der Waals surface area contributed by atoms with Crippen LogP contribution in [0.1, 0.15) is 20.8 Å². The number of carbonyl (C=O) groups excluding carboxylic acids is 1. The topological polar surface area (TPSA) is 136 Å². The summed E-state index contributed by atoms with van der Waals surface area (Å²) in [5.41, 5.74) is 13.3. The Morgan fingerprint density at radius 2 is 1.89 bits per heavy atom. The van der Waals surface area contributed by atoms with E-state index in [9.17, 15) is 9.90 Å². The summed E-state index contributed by atoms with van der Waals surface area (Å²) in [5.74, 6) is 0.182. The van der Waals surface area contributed by atoms with Crippen molar-refractivity contribution in [2.24, 2.45) is 0 Å². The second kappa shape index (κ2) is 6.64. The minimum Gasteiger partial charge on any atom is -0.506 e. The van der Waals surface area contributed by atoms with E-state index >= 15 is 0 Å². The van der Waals surface area contributed by atoms with Crippen LogP contribution in [0.25, 0.3) is 22.2 Å². The molecule has 2 heterocycles. The van der Waals surface area contributed by atoms with Crippen molar-refractivity contribution >= 4 is 34.2 Å². The number of ether oxygens (including phenoxy) is 1. The van der Waals surface area contributed by atoms with Gasteiger partial charge < -0.3 is 21.3 Å². The third-order valence-corrected chi connectivity index (χ3v) is 3.77. The molecule has 0 bridgehead atoms. The number of pyridine rings is 2. The summed E-state index contributed by atoms with van der Waals surface area (Å²) < 4.78 is 5.27. The number of nitrogens with zero attached hydrogens (tertiary/aromatic N) is 2. The zero-order valence-corrected chi connectivity index (χ0v) is 15.3. The van der Waals surface area contributed by atoms with Crippen LogP contribution in [0, 0.1) is 0 Å². The number of hydrogen-bond acceptors (Lipinski definition) is 7. The highest BCUT2D eigenvalue weighted by Crippen LogP contribution is 2.34. The van der Waals surface area contributed by atoms with Crippen molar-refractivity contribution in [3.8, 4) is 17.0 Å². The van der Waals surface area contributed by atoms with Gasteiger partial charge in [0.2, 0.25) is 0 Å². The van der Waals surface area contributed by atoms with Crippen molar-refractivity contribution in [1.29, 1.82) is 0 Å². The highest BCUT2D eigenvalue weighted by molar-refractivity contribution is 6.02. The summed E-state index contributed by atoms with van der Waals surface area (Å²) in [6, 6.07) is 8.20. The van der Waals surface area contributed by atoms with Crippen molar-refractivity contribution in [1.82, 2.24) is 9.97 Å². The maximum Gasteiger partial charge on any atom is 0.412 e. The molecule has 3 rings (SSSR count). The number of nitrogens with two attached hydrogens (primary N) is 2. The Bertz CT molecular complexity index is 1030. The number of anilines is 3. The number of amides is 1. The molecule has 0 aliphatic carbocycles. The second-order valence-corrected chi connectivity index (χ2v) is 7.01. The first kappa shape index (κ1) is 18.2. The number of aromatic nitrogens is 2. The summed E-state index contributed by atoms with van der Waals surface area (Å²) in [4.78, 5) is 20.5. The van der Waals surface area contributed by atoms with Crippen LogP contribution in [0.5, 0.6) is 5.75 Å². The van der Waals surface area contributed by atoms with E-state index in [-0.39, 0.29) is 11.6 Å². The summed E-state index contributed by atoms with van der Waals surface area (Å²) in [6.07, 6.45) is 0.942. The first-order valence-corrected chi connectivity index (χ1v) is 8.29. The van der Waals surface area contributed by atoms with Crippen LogP contribution in [0.2, 0.25) is 0 Å². The van der Waals surface area contributed by atoms with Gasteiger partial charge in [0.25, 0.3) is 0 Å². The van der Waals surface area contributed by atoms with E-state index in [1.165, 1.54) is 12.3 Å². The molecule has 0 unspecified atom stereocenters.